The lowest BCUT2D eigenvalue weighted by Gasteiger charge is -2.37. The summed E-state index contributed by atoms with van der Waals surface area (Å²) < 4.78 is 6.16. The average molecular weight is 421 g/mol. The van der Waals surface area contributed by atoms with Crippen molar-refractivity contribution in [1.29, 1.82) is 0 Å². The van der Waals surface area contributed by atoms with E-state index in [1.54, 1.807) is 0 Å². The third-order valence-electron chi connectivity index (χ3n) is 6.69. The van der Waals surface area contributed by atoms with Gasteiger partial charge >= 0.3 is 0 Å². The molecule has 5 heteroatoms. The van der Waals surface area contributed by atoms with Crippen LogP contribution in [0.5, 0.6) is 5.75 Å². The maximum absolute atomic E-state index is 6.16. The Morgan fingerprint density at radius 2 is 1.74 bits per heavy atom. The van der Waals surface area contributed by atoms with Crippen molar-refractivity contribution < 1.29 is 4.74 Å². The van der Waals surface area contributed by atoms with E-state index in [1.165, 1.54) is 30.4 Å². The average Bonchev–Trinajstić information content (AvgIpc) is 2.80. The number of hydrogen-bond donors (Lipinski definition) is 2. The Morgan fingerprint density at radius 1 is 1.03 bits per heavy atom. The molecule has 2 fully saturated rings. The highest BCUT2D eigenvalue weighted by Gasteiger charge is 2.24. The minimum absolute atomic E-state index is 0.391. The Bertz CT molecular complexity index is 841. The monoisotopic (exact) mass is 420 g/mol. The molecule has 1 aliphatic heterocycles. The Hall–Kier alpha value is -2.53. The Balaban J connectivity index is 1.25. The van der Waals surface area contributed by atoms with E-state index in [-0.39, 0.29) is 0 Å². The summed E-state index contributed by atoms with van der Waals surface area (Å²) in [6.07, 6.45) is 6.27. The van der Waals surface area contributed by atoms with Gasteiger partial charge in [-0.2, -0.15) is 0 Å². The molecule has 1 heterocycles. The van der Waals surface area contributed by atoms with Gasteiger partial charge in [-0.05, 0) is 50.7 Å². The van der Waals surface area contributed by atoms with Gasteiger partial charge in [0.15, 0.2) is 5.96 Å². The van der Waals surface area contributed by atoms with Crippen molar-refractivity contribution in [1.82, 2.24) is 15.5 Å². The molecule has 166 valence electrons. The first-order chi connectivity index (χ1) is 15.2. The molecule has 0 radical (unpaired) electrons. The van der Waals surface area contributed by atoms with Gasteiger partial charge in [0.25, 0.3) is 0 Å². The summed E-state index contributed by atoms with van der Waals surface area (Å²) in [7, 11) is 1.85. The summed E-state index contributed by atoms with van der Waals surface area (Å²) in [4.78, 5) is 7.04. The molecule has 0 aromatic heterocycles. The van der Waals surface area contributed by atoms with E-state index in [2.05, 4.69) is 82.0 Å². The molecular formula is C26H36N4O. The highest BCUT2D eigenvalue weighted by molar-refractivity contribution is 5.80. The molecule has 1 saturated heterocycles. The summed E-state index contributed by atoms with van der Waals surface area (Å²) in [5.41, 5.74) is 2.58. The lowest BCUT2D eigenvalue weighted by Crippen LogP contribution is -2.48. The van der Waals surface area contributed by atoms with Crippen molar-refractivity contribution in [2.45, 2.75) is 63.8 Å². The van der Waals surface area contributed by atoms with E-state index in [9.17, 15) is 0 Å². The molecule has 2 aromatic rings. The molecule has 0 spiro atoms. The molecule has 4 rings (SSSR count). The number of piperidine rings is 1. The molecular weight excluding hydrogens is 384 g/mol. The van der Waals surface area contributed by atoms with E-state index >= 15 is 0 Å². The minimum Gasteiger partial charge on any atom is -0.490 e. The van der Waals surface area contributed by atoms with Gasteiger partial charge in [0.2, 0.25) is 0 Å². The first-order valence-corrected chi connectivity index (χ1v) is 11.7. The van der Waals surface area contributed by atoms with Crippen LogP contribution in [0, 0.1) is 0 Å². The van der Waals surface area contributed by atoms with Crippen LogP contribution in [-0.4, -0.2) is 43.1 Å². The van der Waals surface area contributed by atoms with Crippen LogP contribution in [0.1, 0.15) is 56.2 Å². The van der Waals surface area contributed by atoms with Crippen molar-refractivity contribution in [3.05, 3.63) is 65.7 Å². The van der Waals surface area contributed by atoms with Gasteiger partial charge in [0, 0.05) is 44.3 Å². The van der Waals surface area contributed by atoms with Gasteiger partial charge in [-0.25, -0.2) is 0 Å². The zero-order valence-corrected chi connectivity index (χ0v) is 18.9. The highest BCUT2D eigenvalue weighted by Crippen LogP contribution is 2.27. The van der Waals surface area contributed by atoms with Crippen LogP contribution in [0.15, 0.2) is 59.6 Å². The maximum atomic E-state index is 6.16. The normalized spacial score (nSPS) is 19.5. The van der Waals surface area contributed by atoms with Crippen LogP contribution < -0.4 is 15.4 Å². The fraction of sp³-hybridized carbons (Fsp3) is 0.500. The number of nitrogens with zero attached hydrogens (tertiary/aromatic N) is 2. The van der Waals surface area contributed by atoms with Crippen LogP contribution in [-0.2, 0) is 6.54 Å². The molecule has 1 saturated carbocycles. The second-order valence-electron chi connectivity index (χ2n) is 8.75. The molecule has 2 aliphatic rings. The molecule has 2 aromatic carbocycles. The van der Waals surface area contributed by atoms with Crippen LogP contribution in [0.4, 0.5) is 0 Å². The lowest BCUT2D eigenvalue weighted by molar-refractivity contribution is 0.119. The summed E-state index contributed by atoms with van der Waals surface area (Å²) in [6, 6.07) is 20.1. The standard InChI is InChI=1S/C26H36N4O/c1-20(21-9-4-3-5-10-21)30-17-15-23(16-18-30)29-26(27-2)28-19-22-11-6-7-14-25(22)31-24-12-8-13-24/h3-7,9-11,14,20,23-24H,8,12-13,15-19H2,1-2H3,(H2,27,28,29). The number of guanidine groups is 1. The summed E-state index contributed by atoms with van der Waals surface area (Å²) in [5.74, 6) is 1.87. The predicted molar refractivity (Wildman–Crippen MR) is 127 cm³/mol. The fourth-order valence-electron chi connectivity index (χ4n) is 4.37. The summed E-state index contributed by atoms with van der Waals surface area (Å²) >= 11 is 0. The number of para-hydroxylation sites is 1. The van der Waals surface area contributed by atoms with Gasteiger partial charge < -0.3 is 15.4 Å². The molecule has 5 nitrogen and oxygen atoms in total. The Labute approximate surface area is 186 Å². The number of rotatable bonds is 7. The van der Waals surface area contributed by atoms with Crippen molar-refractivity contribution in [3.8, 4) is 5.75 Å². The number of aliphatic imine (C=N–C) groups is 1. The smallest absolute Gasteiger partial charge is 0.191 e. The van der Waals surface area contributed by atoms with Crippen molar-refractivity contribution in [3.63, 3.8) is 0 Å². The first-order valence-electron chi connectivity index (χ1n) is 11.7. The van der Waals surface area contributed by atoms with Gasteiger partial charge in [-0.15, -0.1) is 0 Å². The highest BCUT2D eigenvalue weighted by atomic mass is 16.5. The number of benzene rings is 2. The Morgan fingerprint density at radius 3 is 2.42 bits per heavy atom. The molecule has 31 heavy (non-hydrogen) atoms. The van der Waals surface area contributed by atoms with Gasteiger partial charge in [0.05, 0.1) is 6.10 Å². The molecule has 1 unspecified atom stereocenters. The lowest BCUT2D eigenvalue weighted by atomic mass is 9.96. The molecule has 0 bridgehead atoms. The van der Waals surface area contributed by atoms with Crippen molar-refractivity contribution in [2.75, 3.05) is 20.1 Å². The molecule has 2 N–H and O–H groups in total. The topological polar surface area (TPSA) is 48.9 Å². The minimum atomic E-state index is 0.391. The van der Waals surface area contributed by atoms with E-state index in [0.717, 1.165) is 37.6 Å². The van der Waals surface area contributed by atoms with Gasteiger partial charge in [0.1, 0.15) is 5.75 Å². The molecule has 1 atom stereocenters. The number of ether oxygens (including phenoxy) is 1. The number of likely N-dealkylation sites (tertiary alicyclic amines) is 1. The second kappa shape index (κ2) is 10.7. The molecule has 0 amide bonds. The van der Waals surface area contributed by atoms with Gasteiger partial charge in [-0.1, -0.05) is 48.5 Å². The summed E-state index contributed by atoms with van der Waals surface area (Å²) in [6.45, 7) is 5.23. The number of hydrogen-bond acceptors (Lipinski definition) is 3. The third kappa shape index (κ3) is 5.79. The molecule has 1 aliphatic carbocycles. The van der Waals surface area contributed by atoms with E-state index in [0.29, 0.717) is 24.7 Å². The number of nitrogens with one attached hydrogen (secondary N) is 2. The van der Waals surface area contributed by atoms with Crippen molar-refractivity contribution in [2.24, 2.45) is 4.99 Å². The van der Waals surface area contributed by atoms with Crippen LogP contribution >= 0.6 is 0 Å². The van der Waals surface area contributed by atoms with E-state index in [4.69, 9.17) is 4.74 Å². The van der Waals surface area contributed by atoms with Crippen LogP contribution in [0.2, 0.25) is 0 Å². The first kappa shape index (κ1) is 21.7. The quantitative estimate of drug-likeness (QED) is 0.511. The van der Waals surface area contributed by atoms with Crippen LogP contribution in [0.3, 0.4) is 0 Å². The van der Waals surface area contributed by atoms with Crippen LogP contribution in [0.25, 0.3) is 0 Å². The van der Waals surface area contributed by atoms with Crippen molar-refractivity contribution >= 4 is 5.96 Å². The largest absolute Gasteiger partial charge is 0.490 e. The predicted octanol–water partition coefficient (Wildman–Crippen LogP) is 4.51. The second-order valence-corrected chi connectivity index (χ2v) is 8.75. The Kier molecular flexibility index (Phi) is 7.47. The van der Waals surface area contributed by atoms with E-state index in [1.807, 2.05) is 7.05 Å². The fourth-order valence-corrected chi connectivity index (χ4v) is 4.37. The third-order valence-corrected chi connectivity index (χ3v) is 6.69. The zero-order chi connectivity index (χ0) is 21.5. The van der Waals surface area contributed by atoms with Gasteiger partial charge in [-0.3, -0.25) is 9.89 Å². The zero-order valence-electron chi connectivity index (χ0n) is 18.9. The maximum Gasteiger partial charge on any atom is 0.191 e. The summed E-state index contributed by atoms with van der Waals surface area (Å²) in [5, 5.41) is 7.12. The SMILES string of the molecule is CN=C(NCc1ccccc1OC1CCC1)NC1CCN(C(C)c2ccccc2)CC1. The van der Waals surface area contributed by atoms with E-state index < -0.39 is 0 Å².